The summed E-state index contributed by atoms with van der Waals surface area (Å²) in [4.78, 5) is 11.6. The Morgan fingerprint density at radius 1 is 1.43 bits per heavy atom. The summed E-state index contributed by atoms with van der Waals surface area (Å²) >= 11 is 0. The maximum absolute atomic E-state index is 11.6. The van der Waals surface area contributed by atoms with Crippen LogP contribution in [0.25, 0.3) is 22.6 Å². The molecule has 1 N–H and O–H groups in total. The highest BCUT2D eigenvalue weighted by Crippen LogP contribution is 2.30. The number of fused-ring (bicyclic) bond motifs is 1. The monoisotopic (exact) mass is 286 g/mol. The maximum Gasteiger partial charge on any atom is 0.331 e. The van der Waals surface area contributed by atoms with Crippen molar-refractivity contribution in [1.82, 2.24) is 20.2 Å². The molecule has 0 fully saturated rings. The highest BCUT2D eigenvalue weighted by Gasteiger charge is 2.37. The van der Waals surface area contributed by atoms with Gasteiger partial charge in [-0.15, -0.1) is 5.10 Å². The summed E-state index contributed by atoms with van der Waals surface area (Å²) in [6.07, 6.45) is 0.348. The fourth-order valence-electron chi connectivity index (χ4n) is 2.16. The third-order valence-electron chi connectivity index (χ3n) is 3.73. The largest absolute Gasteiger partial charge is 0.479 e. The van der Waals surface area contributed by atoms with Gasteiger partial charge >= 0.3 is 5.97 Å². The van der Waals surface area contributed by atoms with Crippen molar-refractivity contribution in [1.29, 1.82) is 0 Å². The van der Waals surface area contributed by atoms with Crippen molar-refractivity contribution in [2.24, 2.45) is 0 Å². The molecule has 3 aromatic rings. The van der Waals surface area contributed by atoms with Crippen molar-refractivity contribution in [2.75, 3.05) is 0 Å². The molecule has 7 nitrogen and oxygen atoms in total. The average Bonchev–Trinajstić information content (AvgIpc) is 3.12. The number of nitrogens with zero attached hydrogens (tertiary/aromatic N) is 4. The Bertz CT molecular complexity index is 774. The molecule has 0 bridgehead atoms. The minimum absolute atomic E-state index is 0.304. The van der Waals surface area contributed by atoms with Gasteiger partial charge in [0.05, 0.1) is 0 Å². The molecule has 1 unspecified atom stereocenters. The predicted molar refractivity (Wildman–Crippen MR) is 74.6 cm³/mol. The standard InChI is InChI=1S/C14H14N4O3/c1-3-14(2,13(19)20)18-12(15-16-17-18)11-8-9-6-4-5-7-10(9)21-11/h4-8H,3H2,1-2H3,(H,19,20). The van der Waals surface area contributed by atoms with Gasteiger partial charge in [0.2, 0.25) is 5.82 Å². The van der Waals surface area contributed by atoms with E-state index in [-0.39, 0.29) is 0 Å². The van der Waals surface area contributed by atoms with Crippen LogP contribution in [-0.4, -0.2) is 31.3 Å². The number of tetrazole rings is 1. The second-order valence-corrected chi connectivity index (χ2v) is 5.00. The lowest BCUT2D eigenvalue weighted by Gasteiger charge is -2.23. The van der Waals surface area contributed by atoms with Gasteiger partial charge in [-0.3, -0.25) is 0 Å². The molecule has 7 heteroatoms. The summed E-state index contributed by atoms with van der Waals surface area (Å²) in [5.74, 6) is -0.241. The van der Waals surface area contributed by atoms with Gasteiger partial charge in [0.15, 0.2) is 11.3 Å². The number of hydrogen-bond donors (Lipinski definition) is 1. The number of para-hydroxylation sites is 1. The number of furan rings is 1. The minimum atomic E-state index is -1.22. The molecule has 0 aliphatic carbocycles. The third kappa shape index (κ3) is 1.97. The SMILES string of the molecule is CCC(C)(C(=O)O)n1nnnc1-c1cc2ccccc2o1. The number of aromatic nitrogens is 4. The molecule has 0 radical (unpaired) electrons. The van der Waals surface area contributed by atoms with E-state index in [1.807, 2.05) is 24.3 Å². The average molecular weight is 286 g/mol. The van der Waals surface area contributed by atoms with Gasteiger partial charge in [-0.25, -0.2) is 9.48 Å². The van der Waals surface area contributed by atoms with Crippen LogP contribution in [0.3, 0.4) is 0 Å². The third-order valence-corrected chi connectivity index (χ3v) is 3.73. The van der Waals surface area contributed by atoms with E-state index in [1.54, 1.807) is 19.9 Å². The lowest BCUT2D eigenvalue weighted by Crippen LogP contribution is -2.39. The molecule has 2 heterocycles. The lowest BCUT2D eigenvalue weighted by atomic mass is 9.99. The Morgan fingerprint density at radius 3 is 2.86 bits per heavy atom. The zero-order valence-electron chi connectivity index (χ0n) is 11.6. The van der Waals surface area contributed by atoms with Crippen molar-refractivity contribution in [3.05, 3.63) is 30.3 Å². The van der Waals surface area contributed by atoms with Crippen LogP contribution in [0.1, 0.15) is 20.3 Å². The second kappa shape index (κ2) is 4.69. The quantitative estimate of drug-likeness (QED) is 0.790. The predicted octanol–water partition coefficient (Wildman–Crippen LogP) is 2.30. The van der Waals surface area contributed by atoms with E-state index < -0.39 is 11.5 Å². The van der Waals surface area contributed by atoms with Gasteiger partial charge in [-0.1, -0.05) is 25.1 Å². The number of benzene rings is 1. The number of carboxylic acids is 1. The van der Waals surface area contributed by atoms with Crippen LogP contribution in [0.2, 0.25) is 0 Å². The molecule has 2 aromatic heterocycles. The number of carboxylic acid groups (broad SMARTS) is 1. The van der Waals surface area contributed by atoms with E-state index in [0.29, 0.717) is 23.6 Å². The number of carbonyl (C=O) groups is 1. The summed E-state index contributed by atoms with van der Waals surface area (Å²) in [5.41, 5.74) is -0.520. The molecule has 0 aliphatic rings. The Kier molecular flexibility index (Phi) is 2.97. The molecule has 108 valence electrons. The van der Waals surface area contributed by atoms with Gasteiger partial charge in [-0.05, 0) is 35.9 Å². The van der Waals surface area contributed by atoms with E-state index >= 15 is 0 Å². The van der Waals surface area contributed by atoms with Gasteiger partial charge in [0.25, 0.3) is 0 Å². The molecule has 1 atom stereocenters. The highest BCUT2D eigenvalue weighted by atomic mass is 16.4. The Hall–Kier alpha value is -2.70. The normalized spacial score (nSPS) is 14.2. The first-order chi connectivity index (χ1) is 10.1. The van der Waals surface area contributed by atoms with E-state index in [9.17, 15) is 9.90 Å². The van der Waals surface area contributed by atoms with Crippen LogP contribution in [0.4, 0.5) is 0 Å². The van der Waals surface area contributed by atoms with Gasteiger partial charge in [-0.2, -0.15) is 0 Å². The van der Waals surface area contributed by atoms with Crippen molar-refractivity contribution >= 4 is 16.9 Å². The summed E-state index contributed by atoms with van der Waals surface area (Å²) in [5, 5.41) is 21.8. The maximum atomic E-state index is 11.6. The van der Waals surface area contributed by atoms with E-state index in [0.717, 1.165) is 5.39 Å². The molecule has 0 amide bonds. The van der Waals surface area contributed by atoms with Gasteiger partial charge in [0.1, 0.15) is 5.58 Å². The molecule has 0 saturated heterocycles. The molecule has 0 aliphatic heterocycles. The summed E-state index contributed by atoms with van der Waals surface area (Å²) in [6.45, 7) is 3.36. The molecule has 21 heavy (non-hydrogen) atoms. The zero-order valence-corrected chi connectivity index (χ0v) is 11.6. The van der Waals surface area contributed by atoms with Gasteiger partial charge < -0.3 is 9.52 Å². The highest BCUT2D eigenvalue weighted by molar-refractivity contribution is 5.82. The van der Waals surface area contributed by atoms with Crippen LogP contribution in [-0.2, 0) is 10.3 Å². The fourth-order valence-corrected chi connectivity index (χ4v) is 2.16. The summed E-state index contributed by atoms with van der Waals surface area (Å²) < 4.78 is 7.01. The van der Waals surface area contributed by atoms with Crippen molar-refractivity contribution in [3.63, 3.8) is 0 Å². The zero-order chi connectivity index (χ0) is 15.0. The summed E-state index contributed by atoms with van der Waals surface area (Å²) in [6, 6.07) is 9.31. The van der Waals surface area contributed by atoms with Gasteiger partial charge in [0, 0.05) is 5.39 Å². The number of hydrogen-bond acceptors (Lipinski definition) is 5. The summed E-state index contributed by atoms with van der Waals surface area (Å²) in [7, 11) is 0. The van der Waals surface area contributed by atoms with Crippen LogP contribution >= 0.6 is 0 Å². The molecule has 0 spiro atoms. The Morgan fingerprint density at radius 2 is 2.19 bits per heavy atom. The molecule has 3 rings (SSSR count). The first kappa shape index (κ1) is 13.3. The van der Waals surface area contributed by atoms with Crippen LogP contribution in [0, 0.1) is 0 Å². The van der Waals surface area contributed by atoms with Crippen LogP contribution < -0.4 is 0 Å². The topological polar surface area (TPSA) is 94.0 Å². The first-order valence-corrected chi connectivity index (χ1v) is 6.57. The van der Waals surface area contributed by atoms with Crippen molar-refractivity contribution < 1.29 is 14.3 Å². The Balaban J connectivity index is 2.16. The fraction of sp³-hybridized carbons (Fsp3) is 0.286. The molecular weight excluding hydrogens is 272 g/mol. The minimum Gasteiger partial charge on any atom is -0.479 e. The first-order valence-electron chi connectivity index (χ1n) is 6.57. The molecule has 0 saturated carbocycles. The molecular formula is C14H14N4O3. The second-order valence-electron chi connectivity index (χ2n) is 5.00. The van der Waals surface area contributed by atoms with E-state index in [4.69, 9.17) is 4.42 Å². The lowest BCUT2D eigenvalue weighted by molar-refractivity contribution is -0.147. The van der Waals surface area contributed by atoms with Crippen molar-refractivity contribution in [2.45, 2.75) is 25.8 Å². The Labute approximate surface area is 120 Å². The van der Waals surface area contributed by atoms with E-state index in [1.165, 1.54) is 4.68 Å². The van der Waals surface area contributed by atoms with E-state index in [2.05, 4.69) is 15.5 Å². The number of rotatable bonds is 4. The molecule has 1 aromatic carbocycles. The van der Waals surface area contributed by atoms with Crippen LogP contribution in [0.15, 0.2) is 34.7 Å². The van der Waals surface area contributed by atoms with Crippen molar-refractivity contribution in [3.8, 4) is 11.6 Å². The smallest absolute Gasteiger partial charge is 0.331 e. The number of aliphatic carboxylic acids is 1. The van der Waals surface area contributed by atoms with Crippen LogP contribution in [0.5, 0.6) is 0 Å².